The SMILES string of the molecule is Cc1nnc(C[C]=O)s1. The van der Waals surface area contributed by atoms with Crippen molar-refractivity contribution in [2.75, 3.05) is 0 Å². The molecule has 1 heterocycles. The van der Waals surface area contributed by atoms with Crippen molar-refractivity contribution in [3.8, 4) is 0 Å². The van der Waals surface area contributed by atoms with Gasteiger partial charge in [0.1, 0.15) is 10.0 Å². The fourth-order valence-electron chi connectivity index (χ4n) is 0.471. The smallest absolute Gasteiger partial charge is 0.205 e. The lowest BCUT2D eigenvalue weighted by Gasteiger charge is -1.74. The Kier molecular flexibility index (Phi) is 1.89. The molecule has 0 N–H and O–H groups in total. The van der Waals surface area contributed by atoms with Crippen molar-refractivity contribution in [2.45, 2.75) is 13.3 Å². The molecule has 0 bridgehead atoms. The van der Waals surface area contributed by atoms with Crippen LogP contribution >= 0.6 is 11.3 Å². The van der Waals surface area contributed by atoms with Gasteiger partial charge in [-0.15, -0.1) is 21.5 Å². The molecule has 9 heavy (non-hydrogen) atoms. The molecule has 0 spiro atoms. The number of rotatable bonds is 2. The third-order valence-electron chi connectivity index (χ3n) is 0.791. The third kappa shape index (κ3) is 1.57. The highest BCUT2D eigenvalue weighted by atomic mass is 32.1. The first-order valence-electron chi connectivity index (χ1n) is 2.47. The lowest BCUT2D eigenvalue weighted by atomic mass is 10.5. The predicted molar refractivity (Wildman–Crippen MR) is 34.0 cm³/mol. The largest absolute Gasteiger partial charge is 0.290 e. The summed E-state index contributed by atoms with van der Waals surface area (Å²) >= 11 is 1.43. The van der Waals surface area contributed by atoms with E-state index in [-0.39, 0.29) is 6.42 Å². The molecule has 0 aliphatic carbocycles. The second kappa shape index (κ2) is 2.68. The Labute approximate surface area is 56.7 Å². The molecule has 0 saturated heterocycles. The van der Waals surface area contributed by atoms with Gasteiger partial charge in [-0.25, -0.2) is 0 Å². The molecule has 0 aromatic carbocycles. The minimum atomic E-state index is 0.269. The highest BCUT2D eigenvalue weighted by Crippen LogP contribution is 2.06. The average Bonchev–Trinajstić information content (AvgIpc) is 2.17. The summed E-state index contributed by atoms with van der Waals surface area (Å²) in [6.45, 7) is 1.85. The Morgan fingerprint density at radius 3 is 2.89 bits per heavy atom. The summed E-state index contributed by atoms with van der Waals surface area (Å²) in [6, 6.07) is 0. The Hall–Kier alpha value is -0.770. The lowest BCUT2D eigenvalue weighted by molar-refractivity contribution is 0.555. The van der Waals surface area contributed by atoms with Crippen LogP contribution in [0.4, 0.5) is 0 Å². The van der Waals surface area contributed by atoms with Crippen LogP contribution in [0.3, 0.4) is 0 Å². The maximum atomic E-state index is 9.80. The second-order valence-electron chi connectivity index (χ2n) is 1.54. The van der Waals surface area contributed by atoms with E-state index < -0.39 is 0 Å². The van der Waals surface area contributed by atoms with E-state index in [2.05, 4.69) is 10.2 Å². The van der Waals surface area contributed by atoms with E-state index in [0.717, 1.165) is 10.0 Å². The monoisotopic (exact) mass is 141 g/mol. The minimum absolute atomic E-state index is 0.269. The standard InChI is InChI=1S/C5H5N2OS/c1-4-6-7-5(9-4)2-3-8/h2H2,1H3. The summed E-state index contributed by atoms with van der Waals surface area (Å²) < 4.78 is 0. The van der Waals surface area contributed by atoms with Crippen molar-refractivity contribution in [1.29, 1.82) is 0 Å². The van der Waals surface area contributed by atoms with Crippen LogP contribution in [0.1, 0.15) is 10.0 Å². The molecule has 0 unspecified atom stereocenters. The van der Waals surface area contributed by atoms with Gasteiger partial charge in [-0.05, 0) is 6.92 Å². The summed E-state index contributed by atoms with van der Waals surface area (Å²) in [5, 5.41) is 9.06. The van der Waals surface area contributed by atoms with E-state index in [1.54, 1.807) is 6.29 Å². The quantitative estimate of drug-likeness (QED) is 0.602. The highest BCUT2D eigenvalue weighted by molar-refractivity contribution is 7.11. The first kappa shape index (κ1) is 6.35. The average molecular weight is 141 g/mol. The van der Waals surface area contributed by atoms with E-state index in [9.17, 15) is 4.79 Å². The van der Waals surface area contributed by atoms with Crippen LogP contribution in [0.5, 0.6) is 0 Å². The van der Waals surface area contributed by atoms with Crippen LogP contribution in [0.2, 0.25) is 0 Å². The first-order chi connectivity index (χ1) is 4.33. The molecule has 0 amide bonds. The zero-order valence-corrected chi connectivity index (χ0v) is 5.73. The summed E-state index contributed by atoms with van der Waals surface area (Å²) in [5.41, 5.74) is 0. The molecule has 1 aromatic rings. The van der Waals surface area contributed by atoms with Gasteiger partial charge in [-0.2, -0.15) is 0 Å². The molecule has 0 aliphatic rings. The Balaban J connectivity index is 2.72. The first-order valence-corrected chi connectivity index (χ1v) is 3.28. The van der Waals surface area contributed by atoms with Crippen molar-refractivity contribution in [3.05, 3.63) is 10.0 Å². The van der Waals surface area contributed by atoms with Crippen molar-refractivity contribution < 1.29 is 4.79 Å². The van der Waals surface area contributed by atoms with Gasteiger partial charge in [0.05, 0.1) is 6.42 Å². The molecule has 1 aromatic heterocycles. The maximum absolute atomic E-state index is 9.80. The molecule has 0 atom stereocenters. The molecule has 0 saturated carbocycles. The van der Waals surface area contributed by atoms with Gasteiger partial charge in [0.15, 0.2) is 0 Å². The zero-order chi connectivity index (χ0) is 6.69. The van der Waals surface area contributed by atoms with Crippen LogP contribution in [0.25, 0.3) is 0 Å². The predicted octanol–water partition coefficient (Wildman–Crippen LogP) is 0.499. The summed E-state index contributed by atoms with van der Waals surface area (Å²) in [5.74, 6) is 0. The molecule has 1 radical (unpaired) electrons. The van der Waals surface area contributed by atoms with Crippen LogP contribution in [0.15, 0.2) is 0 Å². The summed E-state index contributed by atoms with van der Waals surface area (Å²) in [6.07, 6.45) is 2.02. The highest BCUT2D eigenvalue weighted by Gasteiger charge is 1.97. The molecular weight excluding hydrogens is 136 g/mol. The van der Waals surface area contributed by atoms with Gasteiger partial charge in [0.2, 0.25) is 6.29 Å². The fraction of sp³-hybridized carbons (Fsp3) is 0.400. The van der Waals surface area contributed by atoms with Crippen molar-refractivity contribution >= 4 is 17.6 Å². The van der Waals surface area contributed by atoms with E-state index in [1.165, 1.54) is 11.3 Å². The van der Waals surface area contributed by atoms with Crippen LogP contribution < -0.4 is 0 Å². The number of hydrogen-bond acceptors (Lipinski definition) is 4. The second-order valence-corrected chi connectivity index (χ2v) is 2.80. The van der Waals surface area contributed by atoms with Crippen molar-refractivity contribution in [1.82, 2.24) is 10.2 Å². The van der Waals surface area contributed by atoms with Gasteiger partial charge >= 0.3 is 0 Å². The van der Waals surface area contributed by atoms with Gasteiger partial charge < -0.3 is 0 Å². The van der Waals surface area contributed by atoms with Crippen LogP contribution in [-0.2, 0) is 11.2 Å². The molecule has 3 nitrogen and oxygen atoms in total. The Morgan fingerprint density at radius 2 is 2.44 bits per heavy atom. The van der Waals surface area contributed by atoms with Gasteiger partial charge in [-0.3, -0.25) is 4.79 Å². The minimum Gasteiger partial charge on any atom is -0.290 e. The number of aromatic nitrogens is 2. The van der Waals surface area contributed by atoms with Crippen LogP contribution in [0, 0.1) is 6.92 Å². The maximum Gasteiger partial charge on any atom is 0.205 e. The molecule has 0 fully saturated rings. The number of nitrogens with zero attached hydrogens (tertiary/aromatic N) is 2. The number of hydrogen-bond donors (Lipinski definition) is 0. The summed E-state index contributed by atoms with van der Waals surface area (Å²) in [7, 11) is 0. The zero-order valence-electron chi connectivity index (χ0n) is 4.92. The van der Waals surface area contributed by atoms with E-state index >= 15 is 0 Å². The number of aryl methyl sites for hydroxylation is 1. The van der Waals surface area contributed by atoms with Gasteiger partial charge in [-0.1, -0.05) is 0 Å². The van der Waals surface area contributed by atoms with Gasteiger partial charge in [0, 0.05) is 0 Å². The van der Waals surface area contributed by atoms with E-state index in [0.29, 0.717) is 0 Å². The van der Waals surface area contributed by atoms with E-state index in [4.69, 9.17) is 0 Å². The topological polar surface area (TPSA) is 42.9 Å². The van der Waals surface area contributed by atoms with Gasteiger partial charge in [0.25, 0.3) is 0 Å². The molecular formula is C5H5N2OS. The summed E-state index contributed by atoms with van der Waals surface area (Å²) in [4.78, 5) is 9.80. The normalized spacial score (nSPS) is 9.44. The third-order valence-corrected chi connectivity index (χ3v) is 1.63. The Bertz CT molecular complexity index is 208. The molecule has 0 aliphatic heterocycles. The fourth-order valence-corrected chi connectivity index (χ4v) is 1.11. The molecule has 47 valence electrons. The van der Waals surface area contributed by atoms with Crippen LogP contribution in [-0.4, -0.2) is 16.5 Å². The van der Waals surface area contributed by atoms with Crippen molar-refractivity contribution in [2.24, 2.45) is 0 Å². The molecule has 4 heteroatoms. The molecule has 1 rings (SSSR count). The van der Waals surface area contributed by atoms with Crippen molar-refractivity contribution in [3.63, 3.8) is 0 Å². The lowest BCUT2D eigenvalue weighted by Crippen LogP contribution is -1.82. The number of carbonyl (C=O) groups excluding carboxylic acids is 1. The van der Waals surface area contributed by atoms with E-state index in [1.807, 2.05) is 6.92 Å². The Morgan fingerprint density at radius 1 is 1.67 bits per heavy atom.